The first-order chi connectivity index (χ1) is 11.6. The zero-order chi connectivity index (χ0) is 16.9. The normalized spacial score (nSPS) is 11.1. The lowest BCUT2D eigenvalue weighted by atomic mass is 10.2. The molecule has 0 aliphatic rings. The van der Waals surface area contributed by atoms with Gasteiger partial charge in [-0.15, -0.1) is 11.3 Å². The van der Waals surface area contributed by atoms with Gasteiger partial charge in [-0.25, -0.2) is 5.43 Å². The lowest BCUT2D eigenvalue weighted by Gasteiger charge is -2.01. The number of aromatic nitrogens is 2. The van der Waals surface area contributed by atoms with Crippen LogP contribution in [0.25, 0.3) is 0 Å². The Bertz CT molecular complexity index is 859. The Labute approximate surface area is 156 Å². The predicted molar refractivity (Wildman–Crippen MR) is 99.9 cm³/mol. The molecule has 3 rings (SSSR count). The van der Waals surface area contributed by atoms with E-state index in [4.69, 9.17) is 11.6 Å². The third-order valence-corrected chi connectivity index (χ3v) is 4.73. The number of thiophene rings is 1. The van der Waals surface area contributed by atoms with Crippen LogP contribution in [0.5, 0.6) is 0 Å². The number of rotatable bonds is 5. The van der Waals surface area contributed by atoms with Crippen LogP contribution in [0.1, 0.15) is 20.9 Å². The van der Waals surface area contributed by atoms with Gasteiger partial charge in [-0.3, -0.25) is 9.48 Å². The molecule has 0 radical (unpaired) electrons. The van der Waals surface area contributed by atoms with E-state index in [1.54, 1.807) is 28.4 Å². The lowest BCUT2D eigenvalue weighted by molar-refractivity contribution is 0.0948. The molecule has 0 spiro atoms. The Morgan fingerprint density at radius 1 is 1.38 bits per heavy atom. The first-order valence-corrected chi connectivity index (χ1v) is 9.01. The molecule has 0 saturated heterocycles. The Kier molecular flexibility index (Phi) is 5.44. The molecule has 2 heterocycles. The van der Waals surface area contributed by atoms with E-state index in [-0.39, 0.29) is 11.6 Å². The summed E-state index contributed by atoms with van der Waals surface area (Å²) in [5.74, 6) is -0.371. The van der Waals surface area contributed by atoms with Gasteiger partial charge in [0, 0.05) is 16.1 Å². The van der Waals surface area contributed by atoms with Gasteiger partial charge in [0.1, 0.15) is 0 Å². The van der Waals surface area contributed by atoms with Gasteiger partial charge in [0.25, 0.3) is 5.91 Å². The molecule has 2 aromatic heterocycles. The number of carbonyl (C=O) groups is 1. The van der Waals surface area contributed by atoms with Crippen molar-refractivity contribution in [2.45, 2.75) is 6.54 Å². The van der Waals surface area contributed by atoms with E-state index in [9.17, 15) is 4.79 Å². The number of nitrogens with zero attached hydrogens (tertiary/aromatic N) is 3. The average molecular weight is 424 g/mol. The van der Waals surface area contributed by atoms with Crippen LogP contribution in [0.15, 0.2) is 57.5 Å². The maximum absolute atomic E-state index is 12.2. The van der Waals surface area contributed by atoms with Crippen LogP contribution < -0.4 is 5.43 Å². The summed E-state index contributed by atoms with van der Waals surface area (Å²) in [7, 11) is 0. The highest BCUT2D eigenvalue weighted by Crippen LogP contribution is 2.17. The second kappa shape index (κ2) is 7.74. The van der Waals surface area contributed by atoms with Gasteiger partial charge >= 0.3 is 0 Å². The van der Waals surface area contributed by atoms with Crippen LogP contribution in [0.3, 0.4) is 0 Å². The zero-order valence-electron chi connectivity index (χ0n) is 12.3. The van der Waals surface area contributed by atoms with Gasteiger partial charge in [0.15, 0.2) is 5.69 Å². The highest BCUT2D eigenvalue weighted by Gasteiger charge is 2.14. The second-order valence-electron chi connectivity index (χ2n) is 4.86. The van der Waals surface area contributed by atoms with E-state index in [1.165, 1.54) is 0 Å². The van der Waals surface area contributed by atoms with Gasteiger partial charge in [0.05, 0.1) is 17.2 Å². The minimum atomic E-state index is -0.371. The van der Waals surface area contributed by atoms with Crippen molar-refractivity contribution < 1.29 is 4.79 Å². The summed E-state index contributed by atoms with van der Waals surface area (Å²) in [5, 5.41) is 10.9. The standard InChI is InChI=1S/C16H12BrClN4OS/c17-14-10-22(9-11-3-5-12(18)6-4-11)21-15(14)16(23)20-19-8-13-2-1-7-24-13/h1-8,10H,9H2,(H,20,23)/b19-8-. The Morgan fingerprint density at radius 2 is 2.17 bits per heavy atom. The minimum absolute atomic E-state index is 0.285. The number of hydrogen-bond acceptors (Lipinski definition) is 4. The fourth-order valence-corrected chi connectivity index (χ4v) is 3.19. The molecule has 1 N–H and O–H groups in total. The fourth-order valence-electron chi connectivity index (χ4n) is 1.98. The highest BCUT2D eigenvalue weighted by atomic mass is 79.9. The zero-order valence-corrected chi connectivity index (χ0v) is 15.5. The highest BCUT2D eigenvalue weighted by molar-refractivity contribution is 9.10. The molecule has 8 heteroatoms. The van der Waals surface area contributed by atoms with Crippen molar-refractivity contribution in [3.8, 4) is 0 Å². The van der Waals surface area contributed by atoms with E-state index < -0.39 is 0 Å². The number of amides is 1. The number of nitrogens with one attached hydrogen (secondary N) is 1. The number of benzene rings is 1. The summed E-state index contributed by atoms with van der Waals surface area (Å²) >= 11 is 10.8. The molecule has 122 valence electrons. The number of hydrogen-bond donors (Lipinski definition) is 1. The third kappa shape index (κ3) is 4.31. The molecule has 0 unspecified atom stereocenters. The van der Waals surface area contributed by atoms with Crippen LogP contribution in [0.2, 0.25) is 5.02 Å². The molecule has 3 aromatic rings. The smallest absolute Gasteiger partial charge is 0.266 e. The molecule has 0 saturated carbocycles. The number of carbonyl (C=O) groups excluding carboxylic acids is 1. The van der Waals surface area contributed by atoms with Crippen molar-refractivity contribution in [1.82, 2.24) is 15.2 Å². The van der Waals surface area contributed by atoms with Gasteiger partial charge in [-0.1, -0.05) is 29.8 Å². The van der Waals surface area contributed by atoms with Gasteiger partial charge in [-0.05, 0) is 45.1 Å². The molecule has 0 atom stereocenters. The Hall–Kier alpha value is -1.96. The largest absolute Gasteiger partial charge is 0.293 e. The molecule has 0 fully saturated rings. The first-order valence-electron chi connectivity index (χ1n) is 6.96. The average Bonchev–Trinajstić information content (AvgIpc) is 3.19. The van der Waals surface area contributed by atoms with Gasteiger partial charge in [-0.2, -0.15) is 10.2 Å². The number of halogens is 2. The molecule has 1 amide bonds. The maximum Gasteiger partial charge on any atom is 0.293 e. The van der Waals surface area contributed by atoms with E-state index in [0.29, 0.717) is 16.0 Å². The summed E-state index contributed by atoms with van der Waals surface area (Å²) < 4.78 is 2.30. The molecule has 0 bridgehead atoms. The summed E-state index contributed by atoms with van der Waals surface area (Å²) in [6.45, 7) is 0.543. The predicted octanol–water partition coefficient (Wildman–Crippen LogP) is 4.17. The van der Waals surface area contributed by atoms with Crippen molar-refractivity contribution in [2.75, 3.05) is 0 Å². The molecular weight excluding hydrogens is 412 g/mol. The van der Waals surface area contributed by atoms with Crippen molar-refractivity contribution in [1.29, 1.82) is 0 Å². The van der Waals surface area contributed by atoms with E-state index >= 15 is 0 Å². The third-order valence-electron chi connectivity index (χ3n) is 3.09. The topological polar surface area (TPSA) is 59.3 Å². The number of hydrazone groups is 1. The minimum Gasteiger partial charge on any atom is -0.266 e. The lowest BCUT2D eigenvalue weighted by Crippen LogP contribution is -2.19. The molecule has 5 nitrogen and oxygen atoms in total. The summed E-state index contributed by atoms with van der Waals surface area (Å²) in [5.41, 5.74) is 3.80. The van der Waals surface area contributed by atoms with E-state index in [0.717, 1.165) is 10.4 Å². The van der Waals surface area contributed by atoms with Crippen LogP contribution in [0.4, 0.5) is 0 Å². The van der Waals surface area contributed by atoms with Crippen molar-refractivity contribution in [3.63, 3.8) is 0 Å². The van der Waals surface area contributed by atoms with Gasteiger partial charge < -0.3 is 0 Å². The van der Waals surface area contributed by atoms with Crippen molar-refractivity contribution in [2.24, 2.45) is 5.10 Å². The molecular formula is C16H12BrClN4OS. The Morgan fingerprint density at radius 3 is 2.88 bits per heavy atom. The SMILES string of the molecule is O=C(N/N=C\c1cccs1)c1nn(Cc2ccc(Cl)cc2)cc1Br. The summed E-state index contributed by atoms with van der Waals surface area (Å²) in [6.07, 6.45) is 3.35. The maximum atomic E-state index is 12.2. The van der Waals surface area contributed by atoms with Crippen molar-refractivity contribution in [3.05, 3.63) is 73.6 Å². The fraction of sp³-hybridized carbons (Fsp3) is 0.0625. The first kappa shape index (κ1) is 16.9. The quantitative estimate of drug-likeness (QED) is 0.494. The van der Waals surface area contributed by atoms with Crippen LogP contribution >= 0.6 is 38.9 Å². The van der Waals surface area contributed by atoms with E-state index in [1.807, 2.05) is 41.8 Å². The summed E-state index contributed by atoms with van der Waals surface area (Å²) in [4.78, 5) is 13.1. The molecule has 24 heavy (non-hydrogen) atoms. The van der Waals surface area contributed by atoms with Crippen LogP contribution in [0, 0.1) is 0 Å². The Balaban J connectivity index is 1.66. The van der Waals surface area contributed by atoms with Gasteiger partial charge in [0.2, 0.25) is 0 Å². The van der Waals surface area contributed by atoms with Crippen LogP contribution in [-0.2, 0) is 6.54 Å². The summed E-state index contributed by atoms with van der Waals surface area (Å²) in [6, 6.07) is 11.3. The second-order valence-corrected chi connectivity index (χ2v) is 7.13. The monoisotopic (exact) mass is 422 g/mol. The molecule has 0 aliphatic heterocycles. The molecule has 0 aliphatic carbocycles. The molecule has 1 aromatic carbocycles. The van der Waals surface area contributed by atoms with Crippen molar-refractivity contribution >= 4 is 51.0 Å². The van der Waals surface area contributed by atoms with Crippen LogP contribution in [-0.4, -0.2) is 21.9 Å². The van der Waals surface area contributed by atoms with E-state index in [2.05, 4.69) is 31.6 Å².